The fourth-order valence-corrected chi connectivity index (χ4v) is 4.74. The first-order chi connectivity index (χ1) is 16.6. The normalized spacial score (nSPS) is 16.9. The van der Waals surface area contributed by atoms with Gasteiger partial charge in [0.1, 0.15) is 17.6 Å². The van der Waals surface area contributed by atoms with Crippen molar-refractivity contribution in [3.05, 3.63) is 101 Å². The molecule has 0 heterocycles. The number of aromatic carboxylic acids is 1. The SMILES string of the molecule is COc1ccc(OC(C=Cc2ccc(C(=O)O)cc2)c2ccc3c(c2)C(C)(C)CCC3(C)C)cc1. The maximum atomic E-state index is 11.2. The van der Waals surface area contributed by atoms with Gasteiger partial charge in [-0.1, -0.05) is 64.1 Å². The molecule has 0 spiro atoms. The Hall–Kier alpha value is -3.53. The third-order valence-corrected chi connectivity index (χ3v) is 7.15. The smallest absolute Gasteiger partial charge is 0.335 e. The Morgan fingerprint density at radius 3 is 2.06 bits per heavy atom. The van der Waals surface area contributed by atoms with Crippen molar-refractivity contribution in [3.63, 3.8) is 0 Å². The van der Waals surface area contributed by atoms with Gasteiger partial charge in [0, 0.05) is 0 Å². The van der Waals surface area contributed by atoms with E-state index in [9.17, 15) is 9.90 Å². The van der Waals surface area contributed by atoms with E-state index in [1.165, 1.54) is 17.5 Å². The molecule has 1 aliphatic rings. The molecule has 0 saturated carbocycles. The predicted octanol–water partition coefficient (Wildman–Crippen LogP) is 7.58. The van der Waals surface area contributed by atoms with E-state index in [0.717, 1.165) is 29.0 Å². The van der Waals surface area contributed by atoms with Gasteiger partial charge in [-0.25, -0.2) is 4.79 Å². The van der Waals surface area contributed by atoms with E-state index in [1.807, 2.05) is 48.6 Å². The minimum atomic E-state index is -0.930. The number of carbonyl (C=O) groups is 1. The highest BCUT2D eigenvalue weighted by Crippen LogP contribution is 2.46. The lowest BCUT2D eigenvalue weighted by molar-refractivity contribution is 0.0697. The van der Waals surface area contributed by atoms with Gasteiger partial charge in [0.05, 0.1) is 12.7 Å². The Kier molecular flexibility index (Phi) is 6.75. The zero-order chi connectivity index (χ0) is 25.2. The molecule has 4 nitrogen and oxygen atoms in total. The molecule has 1 atom stereocenters. The van der Waals surface area contributed by atoms with Crippen molar-refractivity contribution in [3.8, 4) is 11.5 Å². The zero-order valence-corrected chi connectivity index (χ0v) is 21.2. The molecule has 182 valence electrons. The molecule has 0 bridgehead atoms. The van der Waals surface area contributed by atoms with Crippen LogP contribution in [0, 0.1) is 0 Å². The molecule has 0 amide bonds. The second kappa shape index (κ2) is 9.61. The van der Waals surface area contributed by atoms with Gasteiger partial charge >= 0.3 is 5.97 Å². The number of carboxylic acids is 1. The Labute approximate surface area is 208 Å². The van der Waals surface area contributed by atoms with Gasteiger partial charge in [0.2, 0.25) is 0 Å². The summed E-state index contributed by atoms with van der Waals surface area (Å²) in [5, 5.41) is 9.17. The highest BCUT2D eigenvalue weighted by molar-refractivity contribution is 5.87. The van der Waals surface area contributed by atoms with Crippen molar-refractivity contribution in [2.75, 3.05) is 7.11 Å². The molecule has 3 aromatic carbocycles. The first-order valence-electron chi connectivity index (χ1n) is 12.1. The first kappa shape index (κ1) is 24.6. The summed E-state index contributed by atoms with van der Waals surface area (Å²) < 4.78 is 11.7. The maximum Gasteiger partial charge on any atom is 0.335 e. The van der Waals surface area contributed by atoms with Crippen molar-refractivity contribution in [2.45, 2.75) is 57.5 Å². The maximum absolute atomic E-state index is 11.2. The standard InChI is InChI=1S/C31H34O4/c1-30(2)18-19-31(3,4)27-20-23(11-16-26(27)30)28(35-25-14-12-24(34-5)13-15-25)17-8-21-6-9-22(10-7-21)29(32)33/h6-17,20,28H,18-19H2,1-5H3,(H,32,33). The van der Waals surface area contributed by atoms with E-state index in [4.69, 9.17) is 9.47 Å². The second-order valence-corrected chi connectivity index (χ2v) is 10.6. The first-order valence-corrected chi connectivity index (χ1v) is 12.1. The number of methoxy groups -OCH3 is 1. The quantitative estimate of drug-likeness (QED) is 0.387. The Morgan fingerprint density at radius 2 is 1.46 bits per heavy atom. The molecule has 0 fully saturated rings. The zero-order valence-electron chi connectivity index (χ0n) is 21.2. The highest BCUT2D eigenvalue weighted by atomic mass is 16.5. The summed E-state index contributed by atoms with van der Waals surface area (Å²) in [5.41, 5.74) is 5.32. The van der Waals surface area contributed by atoms with Gasteiger partial charge in [-0.15, -0.1) is 0 Å². The third-order valence-electron chi connectivity index (χ3n) is 7.15. The summed E-state index contributed by atoms with van der Waals surface area (Å²) in [7, 11) is 1.65. The molecule has 1 aliphatic carbocycles. The molecule has 0 saturated heterocycles. The van der Waals surface area contributed by atoms with E-state index < -0.39 is 5.97 Å². The molecule has 1 unspecified atom stereocenters. The largest absolute Gasteiger partial charge is 0.497 e. The van der Waals surface area contributed by atoms with Crippen molar-refractivity contribution in [2.24, 2.45) is 0 Å². The van der Waals surface area contributed by atoms with Crippen LogP contribution in [0.15, 0.2) is 72.8 Å². The van der Waals surface area contributed by atoms with Gasteiger partial charge in [-0.3, -0.25) is 0 Å². The van der Waals surface area contributed by atoms with Crippen LogP contribution in [0.1, 0.15) is 79.3 Å². The third kappa shape index (κ3) is 5.43. The summed E-state index contributed by atoms with van der Waals surface area (Å²) in [6.45, 7) is 9.30. The fraction of sp³-hybridized carbons (Fsp3) is 0.323. The molecule has 0 aliphatic heterocycles. The summed E-state index contributed by atoms with van der Waals surface area (Å²) in [6.07, 6.45) is 6.02. The molecular weight excluding hydrogens is 436 g/mol. The number of hydrogen-bond acceptors (Lipinski definition) is 3. The van der Waals surface area contributed by atoms with E-state index in [2.05, 4.69) is 45.9 Å². The lowest BCUT2D eigenvalue weighted by Gasteiger charge is -2.42. The van der Waals surface area contributed by atoms with Crippen LogP contribution in [0.3, 0.4) is 0 Å². The lowest BCUT2D eigenvalue weighted by Crippen LogP contribution is -2.34. The molecule has 1 N–H and O–H groups in total. The van der Waals surface area contributed by atoms with Crippen molar-refractivity contribution >= 4 is 12.0 Å². The number of fused-ring (bicyclic) bond motifs is 1. The van der Waals surface area contributed by atoms with Crippen molar-refractivity contribution in [1.29, 1.82) is 0 Å². The van der Waals surface area contributed by atoms with Gasteiger partial charge in [0.15, 0.2) is 0 Å². The molecular formula is C31H34O4. The second-order valence-electron chi connectivity index (χ2n) is 10.6. The molecule has 35 heavy (non-hydrogen) atoms. The minimum Gasteiger partial charge on any atom is -0.497 e. The Morgan fingerprint density at radius 1 is 0.857 bits per heavy atom. The summed E-state index contributed by atoms with van der Waals surface area (Å²) >= 11 is 0. The van der Waals surface area contributed by atoms with Crippen LogP contribution in [-0.4, -0.2) is 18.2 Å². The Balaban J connectivity index is 1.71. The Bertz CT molecular complexity index is 1220. The van der Waals surface area contributed by atoms with E-state index >= 15 is 0 Å². The number of carboxylic acid groups (broad SMARTS) is 1. The predicted molar refractivity (Wildman–Crippen MR) is 141 cm³/mol. The average molecular weight is 471 g/mol. The van der Waals surface area contributed by atoms with E-state index in [-0.39, 0.29) is 22.5 Å². The van der Waals surface area contributed by atoms with E-state index in [0.29, 0.717) is 0 Å². The molecule has 0 aromatic heterocycles. The fourth-order valence-electron chi connectivity index (χ4n) is 4.74. The number of hydrogen-bond donors (Lipinski definition) is 1. The van der Waals surface area contributed by atoms with Crippen LogP contribution in [0.4, 0.5) is 0 Å². The number of benzene rings is 3. The monoisotopic (exact) mass is 470 g/mol. The van der Waals surface area contributed by atoms with Crippen molar-refractivity contribution < 1.29 is 19.4 Å². The summed E-state index contributed by atoms with van der Waals surface area (Å²) in [4.78, 5) is 11.2. The summed E-state index contributed by atoms with van der Waals surface area (Å²) in [6, 6.07) is 21.2. The molecule has 0 radical (unpaired) electrons. The van der Waals surface area contributed by atoms with Gasteiger partial charge in [-0.05, 0) is 88.4 Å². The topological polar surface area (TPSA) is 55.8 Å². The van der Waals surface area contributed by atoms with Crippen LogP contribution >= 0.6 is 0 Å². The summed E-state index contributed by atoms with van der Waals surface area (Å²) in [5.74, 6) is 0.598. The number of rotatable bonds is 7. The molecule has 4 rings (SSSR count). The van der Waals surface area contributed by atoms with Gasteiger partial charge in [-0.2, -0.15) is 0 Å². The van der Waals surface area contributed by atoms with Crippen molar-refractivity contribution in [1.82, 2.24) is 0 Å². The van der Waals surface area contributed by atoms with Gasteiger partial charge < -0.3 is 14.6 Å². The number of ether oxygens (including phenoxy) is 2. The van der Waals surface area contributed by atoms with Crippen LogP contribution in [0.2, 0.25) is 0 Å². The highest BCUT2D eigenvalue weighted by Gasteiger charge is 2.37. The molecule has 3 aromatic rings. The van der Waals surface area contributed by atoms with Crippen LogP contribution < -0.4 is 9.47 Å². The van der Waals surface area contributed by atoms with Crippen LogP contribution in [-0.2, 0) is 10.8 Å². The minimum absolute atomic E-state index is 0.0991. The van der Waals surface area contributed by atoms with Gasteiger partial charge in [0.25, 0.3) is 0 Å². The lowest BCUT2D eigenvalue weighted by atomic mass is 9.63. The molecule has 4 heteroatoms. The van der Waals surface area contributed by atoms with E-state index in [1.54, 1.807) is 19.2 Å². The van der Waals surface area contributed by atoms with Crippen LogP contribution in [0.5, 0.6) is 11.5 Å². The average Bonchev–Trinajstić information content (AvgIpc) is 2.85. The van der Waals surface area contributed by atoms with Crippen LogP contribution in [0.25, 0.3) is 6.08 Å².